The van der Waals surface area contributed by atoms with Crippen molar-refractivity contribution < 1.29 is 9.59 Å². The average molecular weight is 256 g/mol. The lowest BCUT2D eigenvalue weighted by atomic mass is 10.2. The van der Waals surface area contributed by atoms with Crippen LogP contribution in [0.15, 0.2) is 0 Å². The fourth-order valence-corrected chi connectivity index (χ4v) is 2.03. The van der Waals surface area contributed by atoms with Crippen LogP contribution in [0, 0.1) is 0 Å². The van der Waals surface area contributed by atoms with Gasteiger partial charge in [0, 0.05) is 13.1 Å². The van der Waals surface area contributed by atoms with E-state index in [-0.39, 0.29) is 24.9 Å². The lowest BCUT2D eigenvalue weighted by Crippen LogP contribution is -2.42. The predicted octanol–water partition coefficient (Wildman–Crippen LogP) is -0.946. The summed E-state index contributed by atoms with van der Waals surface area (Å²) in [6, 6.07) is 0. The van der Waals surface area contributed by atoms with Crippen molar-refractivity contribution in [3.8, 4) is 0 Å². The van der Waals surface area contributed by atoms with Gasteiger partial charge < -0.3 is 21.3 Å². The number of carbonyl (C=O) groups is 2. The van der Waals surface area contributed by atoms with Gasteiger partial charge in [-0.2, -0.15) is 0 Å². The van der Waals surface area contributed by atoms with E-state index in [9.17, 15) is 9.59 Å². The lowest BCUT2D eigenvalue weighted by Gasteiger charge is -2.19. The van der Waals surface area contributed by atoms with Crippen LogP contribution in [0.3, 0.4) is 0 Å². The molecule has 0 aromatic carbocycles. The largest absolute Gasteiger partial charge is 0.353 e. The van der Waals surface area contributed by atoms with Crippen LogP contribution >= 0.6 is 0 Å². The van der Waals surface area contributed by atoms with Gasteiger partial charge in [0.25, 0.3) is 0 Å². The third-order valence-corrected chi connectivity index (χ3v) is 3.08. The minimum absolute atomic E-state index is 0.00995. The summed E-state index contributed by atoms with van der Waals surface area (Å²) in [6.07, 6.45) is 5.13. The summed E-state index contributed by atoms with van der Waals surface area (Å²) in [4.78, 5) is 24.6. The van der Waals surface area contributed by atoms with Gasteiger partial charge in [-0.25, -0.2) is 0 Å². The summed E-state index contributed by atoms with van der Waals surface area (Å²) in [5, 5.41) is 5.23. The highest BCUT2D eigenvalue weighted by Crippen LogP contribution is 2.08. The summed E-state index contributed by atoms with van der Waals surface area (Å²) in [5.74, 6) is -0.468. The Morgan fingerprint density at radius 3 is 2.28 bits per heavy atom. The smallest absolute Gasteiger partial charge is 0.239 e. The Morgan fingerprint density at radius 2 is 1.67 bits per heavy atom. The maximum Gasteiger partial charge on any atom is 0.239 e. The van der Waals surface area contributed by atoms with E-state index >= 15 is 0 Å². The zero-order valence-corrected chi connectivity index (χ0v) is 10.9. The maximum atomic E-state index is 11.4. The molecule has 1 heterocycles. The molecule has 0 spiro atoms. The SMILES string of the molecule is NCC(=O)NCC(=O)NCCN1CCCCCC1. The second kappa shape index (κ2) is 8.88. The first-order chi connectivity index (χ1) is 8.72. The first kappa shape index (κ1) is 14.9. The summed E-state index contributed by atoms with van der Waals surface area (Å²) in [5.41, 5.74) is 5.12. The van der Waals surface area contributed by atoms with Crippen molar-refractivity contribution in [2.24, 2.45) is 5.73 Å². The Balaban J connectivity index is 2.05. The molecule has 0 aromatic rings. The van der Waals surface area contributed by atoms with E-state index < -0.39 is 0 Å². The van der Waals surface area contributed by atoms with Crippen molar-refractivity contribution in [2.75, 3.05) is 39.3 Å². The summed E-state index contributed by atoms with van der Waals surface area (Å²) in [6.45, 7) is 3.70. The van der Waals surface area contributed by atoms with E-state index in [0.29, 0.717) is 6.54 Å². The molecule has 0 atom stereocenters. The fraction of sp³-hybridized carbons (Fsp3) is 0.833. The Bertz CT molecular complexity index is 263. The van der Waals surface area contributed by atoms with Crippen LogP contribution < -0.4 is 16.4 Å². The van der Waals surface area contributed by atoms with Gasteiger partial charge in [0.05, 0.1) is 13.1 Å². The van der Waals surface area contributed by atoms with E-state index in [1.54, 1.807) is 0 Å². The van der Waals surface area contributed by atoms with Gasteiger partial charge in [-0.15, -0.1) is 0 Å². The van der Waals surface area contributed by atoms with Crippen molar-refractivity contribution in [3.63, 3.8) is 0 Å². The molecule has 0 unspecified atom stereocenters. The van der Waals surface area contributed by atoms with Gasteiger partial charge in [0.1, 0.15) is 0 Å². The van der Waals surface area contributed by atoms with Crippen molar-refractivity contribution in [1.82, 2.24) is 15.5 Å². The Kier molecular flexibility index (Phi) is 7.36. The molecule has 0 saturated carbocycles. The van der Waals surface area contributed by atoms with Crippen molar-refractivity contribution in [3.05, 3.63) is 0 Å². The van der Waals surface area contributed by atoms with E-state index in [2.05, 4.69) is 15.5 Å². The van der Waals surface area contributed by atoms with Gasteiger partial charge in [0.2, 0.25) is 11.8 Å². The number of rotatable bonds is 6. The summed E-state index contributed by atoms with van der Waals surface area (Å²) >= 11 is 0. The van der Waals surface area contributed by atoms with Crippen LogP contribution in [0.5, 0.6) is 0 Å². The number of amides is 2. The minimum atomic E-state index is -0.308. The second-order valence-electron chi connectivity index (χ2n) is 4.59. The molecule has 0 aliphatic carbocycles. The van der Waals surface area contributed by atoms with Crippen LogP contribution in [0.4, 0.5) is 0 Å². The van der Waals surface area contributed by atoms with Crippen molar-refractivity contribution in [1.29, 1.82) is 0 Å². The molecule has 6 nitrogen and oxygen atoms in total. The lowest BCUT2D eigenvalue weighted by molar-refractivity contribution is -0.125. The predicted molar refractivity (Wildman–Crippen MR) is 70.0 cm³/mol. The van der Waals surface area contributed by atoms with Gasteiger partial charge in [0.15, 0.2) is 0 Å². The molecule has 1 rings (SSSR count). The highest BCUT2D eigenvalue weighted by Gasteiger charge is 2.09. The first-order valence-corrected chi connectivity index (χ1v) is 6.68. The Morgan fingerprint density at radius 1 is 1.00 bits per heavy atom. The van der Waals surface area contributed by atoms with Crippen LogP contribution in [0.1, 0.15) is 25.7 Å². The number of nitrogens with one attached hydrogen (secondary N) is 2. The molecule has 1 aliphatic heterocycles. The summed E-state index contributed by atoms with van der Waals surface area (Å²) < 4.78 is 0. The highest BCUT2D eigenvalue weighted by atomic mass is 16.2. The third-order valence-electron chi connectivity index (χ3n) is 3.08. The normalized spacial score (nSPS) is 16.9. The van der Waals surface area contributed by atoms with Crippen LogP contribution in [0.25, 0.3) is 0 Å². The molecule has 0 radical (unpaired) electrons. The van der Waals surface area contributed by atoms with Crippen molar-refractivity contribution >= 4 is 11.8 Å². The van der Waals surface area contributed by atoms with Gasteiger partial charge in [-0.05, 0) is 25.9 Å². The van der Waals surface area contributed by atoms with Crippen molar-refractivity contribution in [2.45, 2.75) is 25.7 Å². The molecule has 104 valence electrons. The molecule has 6 heteroatoms. The number of hydrogen-bond donors (Lipinski definition) is 3. The molecule has 4 N–H and O–H groups in total. The standard InChI is InChI=1S/C12H24N4O2/c13-9-11(17)15-10-12(18)14-5-8-16-6-3-1-2-4-7-16/h1-10,13H2,(H,14,18)(H,15,17). The Hall–Kier alpha value is -1.14. The number of likely N-dealkylation sites (tertiary alicyclic amines) is 1. The Labute approximate surface area is 108 Å². The second-order valence-corrected chi connectivity index (χ2v) is 4.59. The van der Waals surface area contributed by atoms with E-state index in [0.717, 1.165) is 19.6 Å². The first-order valence-electron chi connectivity index (χ1n) is 6.68. The number of nitrogens with two attached hydrogens (primary N) is 1. The molecule has 0 aromatic heterocycles. The van der Waals surface area contributed by atoms with E-state index in [1.807, 2.05) is 0 Å². The molecule has 0 bridgehead atoms. The average Bonchev–Trinajstić information content (AvgIpc) is 2.64. The molecule has 1 fully saturated rings. The fourth-order valence-electron chi connectivity index (χ4n) is 2.03. The number of nitrogens with zero attached hydrogens (tertiary/aromatic N) is 1. The molecular formula is C12H24N4O2. The van der Waals surface area contributed by atoms with Gasteiger partial charge >= 0.3 is 0 Å². The van der Waals surface area contributed by atoms with Crippen LogP contribution in [-0.2, 0) is 9.59 Å². The number of hydrogen-bond acceptors (Lipinski definition) is 4. The molecular weight excluding hydrogens is 232 g/mol. The quantitative estimate of drug-likeness (QED) is 0.572. The highest BCUT2D eigenvalue weighted by molar-refractivity contribution is 5.85. The van der Waals surface area contributed by atoms with E-state index in [1.165, 1.54) is 25.7 Å². The topological polar surface area (TPSA) is 87.5 Å². The van der Waals surface area contributed by atoms with E-state index in [4.69, 9.17) is 5.73 Å². The van der Waals surface area contributed by atoms with Crippen LogP contribution in [0.2, 0.25) is 0 Å². The third kappa shape index (κ3) is 6.56. The molecule has 2 amide bonds. The molecule has 18 heavy (non-hydrogen) atoms. The maximum absolute atomic E-state index is 11.4. The minimum Gasteiger partial charge on any atom is -0.353 e. The summed E-state index contributed by atoms with van der Waals surface area (Å²) in [7, 11) is 0. The number of carbonyl (C=O) groups excluding carboxylic acids is 2. The zero-order valence-electron chi connectivity index (χ0n) is 10.9. The van der Waals surface area contributed by atoms with Crippen LogP contribution in [-0.4, -0.2) is 56.0 Å². The van der Waals surface area contributed by atoms with Gasteiger partial charge in [-0.3, -0.25) is 9.59 Å². The monoisotopic (exact) mass is 256 g/mol. The molecule has 1 aliphatic rings. The zero-order chi connectivity index (χ0) is 13.2. The van der Waals surface area contributed by atoms with Gasteiger partial charge in [-0.1, -0.05) is 12.8 Å². The molecule has 1 saturated heterocycles.